The van der Waals surface area contributed by atoms with Crippen LogP contribution in [0.2, 0.25) is 10.0 Å². The Balaban J connectivity index is 1.38. The van der Waals surface area contributed by atoms with Gasteiger partial charge in [-0.2, -0.15) is 0 Å². The summed E-state index contributed by atoms with van der Waals surface area (Å²) < 4.78 is 5.51. The predicted octanol–water partition coefficient (Wildman–Crippen LogP) is 5.44. The molecular formula is C28H27Cl2N3O5S. The second-order valence-electron chi connectivity index (χ2n) is 9.62. The Kier molecular flexibility index (Phi) is 8.13. The number of carbonyl (C=O) groups is 3. The summed E-state index contributed by atoms with van der Waals surface area (Å²) in [5, 5.41) is 9.83. The number of fused-ring (bicyclic) bond motifs is 1. The molecule has 0 bridgehead atoms. The lowest BCUT2D eigenvalue weighted by atomic mass is 10.0. The lowest BCUT2D eigenvalue weighted by molar-refractivity contribution is -0.133. The zero-order valence-electron chi connectivity index (χ0n) is 21.2. The molecule has 0 saturated carbocycles. The molecular weight excluding hydrogens is 561 g/mol. The number of hydrogen-bond donors (Lipinski definition) is 1. The van der Waals surface area contributed by atoms with Crippen molar-refractivity contribution >= 4 is 58.0 Å². The quantitative estimate of drug-likeness (QED) is 0.377. The summed E-state index contributed by atoms with van der Waals surface area (Å²) in [6.45, 7) is 2.26. The van der Waals surface area contributed by atoms with Crippen molar-refractivity contribution in [1.29, 1.82) is 0 Å². The molecule has 11 heteroatoms. The number of ether oxygens (including phenoxy) is 1. The van der Waals surface area contributed by atoms with Crippen LogP contribution in [0, 0.1) is 0 Å². The Morgan fingerprint density at radius 2 is 1.77 bits per heavy atom. The third-order valence-electron chi connectivity index (χ3n) is 7.13. The maximum Gasteiger partial charge on any atom is 0.345 e. The minimum Gasteiger partial charge on any atom is -0.482 e. The molecule has 39 heavy (non-hydrogen) atoms. The second-order valence-corrected chi connectivity index (χ2v) is 11.5. The molecule has 1 fully saturated rings. The fourth-order valence-electron chi connectivity index (χ4n) is 4.93. The first kappa shape index (κ1) is 27.5. The molecule has 1 unspecified atom stereocenters. The summed E-state index contributed by atoms with van der Waals surface area (Å²) in [6.07, 6.45) is 2.24. The van der Waals surface area contributed by atoms with Gasteiger partial charge in [0.05, 0.1) is 21.8 Å². The van der Waals surface area contributed by atoms with E-state index in [4.69, 9.17) is 27.9 Å². The van der Waals surface area contributed by atoms with E-state index in [-0.39, 0.29) is 40.9 Å². The third kappa shape index (κ3) is 5.91. The van der Waals surface area contributed by atoms with Crippen molar-refractivity contribution in [3.63, 3.8) is 0 Å². The van der Waals surface area contributed by atoms with E-state index in [2.05, 4.69) is 4.90 Å². The van der Waals surface area contributed by atoms with Crippen molar-refractivity contribution < 1.29 is 24.2 Å². The van der Waals surface area contributed by atoms with Crippen molar-refractivity contribution in [1.82, 2.24) is 9.80 Å². The van der Waals surface area contributed by atoms with Crippen LogP contribution in [0.4, 0.5) is 5.69 Å². The van der Waals surface area contributed by atoms with Gasteiger partial charge in [0.15, 0.2) is 6.61 Å². The number of rotatable bonds is 8. The number of carboxylic acid groups (broad SMARTS) is 1. The van der Waals surface area contributed by atoms with Crippen molar-refractivity contribution in [2.24, 2.45) is 0 Å². The number of likely N-dealkylation sites (tertiary alicyclic amines) is 1. The highest BCUT2D eigenvalue weighted by molar-refractivity contribution is 7.17. The van der Waals surface area contributed by atoms with Crippen molar-refractivity contribution in [3.8, 4) is 16.2 Å². The van der Waals surface area contributed by atoms with Gasteiger partial charge in [-0.25, -0.2) is 4.79 Å². The minimum atomic E-state index is -0.944. The average molecular weight is 589 g/mol. The Hall–Kier alpha value is -3.11. The van der Waals surface area contributed by atoms with Gasteiger partial charge >= 0.3 is 5.97 Å². The van der Waals surface area contributed by atoms with Gasteiger partial charge in [0, 0.05) is 24.5 Å². The van der Waals surface area contributed by atoms with Gasteiger partial charge in [0.2, 0.25) is 5.91 Å². The van der Waals surface area contributed by atoms with Gasteiger partial charge in [-0.15, -0.1) is 11.3 Å². The van der Waals surface area contributed by atoms with E-state index in [1.165, 1.54) is 16.2 Å². The zero-order valence-corrected chi connectivity index (χ0v) is 23.6. The summed E-state index contributed by atoms with van der Waals surface area (Å²) in [7, 11) is 1.76. The standard InChI is InChI=1S/C28H27Cl2N3O5S/c1-31(26(34)15-33-21-12-19(29)20(30)13-23(21)38-16-27(33)35)22(14-32-10-2-3-11-32)17-4-6-18(7-5-17)24-8-9-25(39-24)28(36)37/h4-9,12-13,22H,2-3,10-11,14-16H2,1H3,(H,36,37). The van der Waals surface area contributed by atoms with Gasteiger partial charge in [-0.05, 0) is 55.3 Å². The molecule has 0 radical (unpaired) electrons. The SMILES string of the molecule is CN(C(=O)CN1C(=O)COc2cc(Cl)c(Cl)cc21)C(CN1CCCC1)c1ccc(-c2ccc(C(=O)O)s2)cc1. The van der Waals surface area contributed by atoms with E-state index in [1.54, 1.807) is 36.2 Å². The lowest BCUT2D eigenvalue weighted by Crippen LogP contribution is -2.47. The van der Waals surface area contributed by atoms with Gasteiger partial charge in [-0.1, -0.05) is 47.5 Å². The van der Waals surface area contributed by atoms with Crippen LogP contribution >= 0.6 is 34.5 Å². The van der Waals surface area contributed by atoms with E-state index in [0.717, 1.165) is 41.9 Å². The number of thiophene rings is 1. The summed E-state index contributed by atoms with van der Waals surface area (Å²) in [4.78, 5) is 44.2. The molecule has 5 rings (SSSR count). The van der Waals surface area contributed by atoms with Gasteiger partial charge < -0.3 is 19.6 Å². The first-order valence-corrected chi connectivity index (χ1v) is 14.1. The third-order valence-corrected chi connectivity index (χ3v) is 8.97. The molecule has 2 aliphatic rings. The van der Waals surface area contributed by atoms with Crippen LogP contribution in [0.5, 0.6) is 5.75 Å². The maximum atomic E-state index is 13.6. The number of nitrogens with zero attached hydrogens (tertiary/aromatic N) is 3. The van der Waals surface area contributed by atoms with Crippen LogP contribution in [0.25, 0.3) is 10.4 Å². The number of carbonyl (C=O) groups excluding carboxylic acids is 2. The van der Waals surface area contributed by atoms with E-state index >= 15 is 0 Å². The fraction of sp³-hybridized carbons (Fsp3) is 0.321. The lowest BCUT2D eigenvalue weighted by Gasteiger charge is -2.35. The number of aromatic carboxylic acids is 1. The number of likely N-dealkylation sites (N-methyl/N-ethyl adjacent to an activating group) is 1. The molecule has 0 spiro atoms. The van der Waals surface area contributed by atoms with Gasteiger partial charge in [-0.3, -0.25) is 14.5 Å². The zero-order chi connectivity index (χ0) is 27.7. The van der Waals surface area contributed by atoms with E-state index < -0.39 is 5.97 Å². The molecule has 2 amide bonds. The Morgan fingerprint density at radius 1 is 1.08 bits per heavy atom. The minimum absolute atomic E-state index is 0.161. The molecule has 3 heterocycles. The molecule has 2 aromatic carbocycles. The van der Waals surface area contributed by atoms with Crippen molar-refractivity contribution in [2.45, 2.75) is 18.9 Å². The number of halogens is 2. The molecule has 8 nitrogen and oxygen atoms in total. The van der Waals surface area contributed by atoms with Crippen LogP contribution < -0.4 is 9.64 Å². The van der Waals surface area contributed by atoms with Crippen LogP contribution in [0.1, 0.15) is 34.1 Å². The topological polar surface area (TPSA) is 90.4 Å². The van der Waals surface area contributed by atoms with Gasteiger partial charge in [0.1, 0.15) is 17.2 Å². The highest BCUT2D eigenvalue weighted by Crippen LogP contribution is 2.39. The summed E-state index contributed by atoms with van der Waals surface area (Å²) in [6, 6.07) is 14.1. The van der Waals surface area contributed by atoms with E-state index in [0.29, 0.717) is 23.0 Å². The summed E-state index contributed by atoms with van der Waals surface area (Å²) in [5.41, 5.74) is 2.29. The first-order chi connectivity index (χ1) is 18.7. The number of amides is 2. The molecule has 1 atom stereocenters. The number of benzene rings is 2. The number of carboxylic acids is 1. The Morgan fingerprint density at radius 3 is 2.44 bits per heavy atom. The van der Waals surface area contributed by atoms with Crippen LogP contribution in [-0.4, -0.2) is 72.5 Å². The second kappa shape index (κ2) is 11.6. The van der Waals surface area contributed by atoms with Crippen molar-refractivity contribution in [2.75, 3.05) is 44.7 Å². The van der Waals surface area contributed by atoms with Crippen molar-refractivity contribution in [3.05, 3.63) is 69.0 Å². The van der Waals surface area contributed by atoms with E-state index in [9.17, 15) is 19.5 Å². The monoisotopic (exact) mass is 587 g/mol. The smallest absolute Gasteiger partial charge is 0.345 e. The normalized spacial score (nSPS) is 16.1. The van der Waals surface area contributed by atoms with Gasteiger partial charge in [0.25, 0.3) is 5.91 Å². The molecule has 1 N–H and O–H groups in total. The fourth-order valence-corrected chi connectivity index (χ4v) is 6.09. The Labute approximate surface area is 240 Å². The van der Waals surface area contributed by atoms with Crippen LogP contribution in [-0.2, 0) is 9.59 Å². The maximum absolute atomic E-state index is 13.6. The Bertz CT molecular complexity index is 1400. The number of hydrogen-bond acceptors (Lipinski definition) is 6. The first-order valence-electron chi connectivity index (χ1n) is 12.5. The highest BCUT2D eigenvalue weighted by Gasteiger charge is 2.32. The molecule has 2 aliphatic heterocycles. The highest BCUT2D eigenvalue weighted by atomic mass is 35.5. The van der Waals surface area contributed by atoms with Crippen LogP contribution in [0.15, 0.2) is 48.5 Å². The van der Waals surface area contributed by atoms with E-state index in [1.807, 2.05) is 24.3 Å². The molecule has 3 aromatic rings. The largest absolute Gasteiger partial charge is 0.482 e. The number of anilines is 1. The molecule has 1 saturated heterocycles. The average Bonchev–Trinajstić information content (AvgIpc) is 3.63. The molecule has 1 aromatic heterocycles. The molecule has 204 valence electrons. The summed E-state index contributed by atoms with van der Waals surface area (Å²) in [5.74, 6) is -1.09. The summed E-state index contributed by atoms with van der Waals surface area (Å²) >= 11 is 13.5. The predicted molar refractivity (Wildman–Crippen MR) is 152 cm³/mol. The molecule has 0 aliphatic carbocycles. The van der Waals surface area contributed by atoms with Crippen LogP contribution in [0.3, 0.4) is 0 Å².